The van der Waals surface area contributed by atoms with Gasteiger partial charge in [0.05, 0.1) is 0 Å². The quantitative estimate of drug-likeness (QED) is 0.735. The van der Waals surface area contributed by atoms with Crippen molar-refractivity contribution in [2.24, 2.45) is 5.92 Å². The highest BCUT2D eigenvalue weighted by molar-refractivity contribution is 7.99. The molecule has 0 radical (unpaired) electrons. The fourth-order valence-corrected chi connectivity index (χ4v) is 3.72. The van der Waals surface area contributed by atoms with Crippen molar-refractivity contribution in [3.05, 3.63) is 24.3 Å². The van der Waals surface area contributed by atoms with Gasteiger partial charge in [0.1, 0.15) is 0 Å². The number of nitrogens with one attached hydrogen (secondary N) is 1. The van der Waals surface area contributed by atoms with Crippen molar-refractivity contribution in [1.82, 2.24) is 0 Å². The molecule has 1 aliphatic carbocycles. The SMILES string of the molecule is CCSc1ccccc1NC1CCCCC1CC. The van der Waals surface area contributed by atoms with Gasteiger partial charge in [0.25, 0.3) is 0 Å². The van der Waals surface area contributed by atoms with Gasteiger partial charge in [-0.25, -0.2) is 0 Å². The number of benzene rings is 1. The first-order valence-corrected chi connectivity index (χ1v) is 8.32. The standard InChI is InChI=1S/C16H25NS/c1-3-13-9-5-6-10-14(13)17-15-11-7-8-12-16(15)18-4-2/h7-8,11-14,17H,3-6,9-10H2,1-2H3. The van der Waals surface area contributed by atoms with Crippen LogP contribution in [-0.2, 0) is 0 Å². The Labute approximate surface area is 116 Å². The highest BCUT2D eigenvalue weighted by Crippen LogP contribution is 2.33. The second kappa shape index (κ2) is 7.08. The first kappa shape index (κ1) is 13.8. The zero-order chi connectivity index (χ0) is 12.8. The van der Waals surface area contributed by atoms with Crippen LogP contribution in [0.5, 0.6) is 0 Å². The third-order valence-corrected chi connectivity index (χ3v) is 4.92. The van der Waals surface area contributed by atoms with Crippen LogP contribution in [-0.4, -0.2) is 11.8 Å². The van der Waals surface area contributed by atoms with Gasteiger partial charge in [-0.15, -0.1) is 11.8 Å². The summed E-state index contributed by atoms with van der Waals surface area (Å²) >= 11 is 1.94. The van der Waals surface area contributed by atoms with E-state index in [0.29, 0.717) is 6.04 Å². The van der Waals surface area contributed by atoms with Gasteiger partial charge in [0.15, 0.2) is 0 Å². The van der Waals surface area contributed by atoms with Crippen molar-refractivity contribution >= 4 is 17.4 Å². The van der Waals surface area contributed by atoms with Crippen LogP contribution in [0.15, 0.2) is 29.2 Å². The smallest absolute Gasteiger partial charge is 0.0480 e. The molecule has 1 N–H and O–H groups in total. The maximum Gasteiger partial charge on any atom is 0.0480 e. The van der Waals surface area contributed by atoms with Gasteiger partial charge in [-0.3, -0.25) is 0 Å². The minimum Gasteiger partial charge on any atom is -0.381 e. The van der Waals surface area contributed by atoms with Crippen LogP contribution >= 0.6 is 11.8 Å². The number of anilines is 1. The normalized spacial score (nSPS) is 23.9. The molecule has 1 fully saturated rings. The van der Waals surface area contributed by atoms with Crippen molar-refractivity contribution < 1.29 is 0 Å². The van der Waals surface area contributed by atoms with Crippen LogP contribution in [0.25, 0.3) is 0 Å². The van der Waals surface area contributed by atoms with Crippen molar-refractivity contribution in [3.63, 3.8) is 0 Å². The Hall–Kier alpha value is -0.630. The average Bonchev–Trinajstić information content (AvgIpc) is 2.42. The van der Waals surface area contributed by atoms with Crippen molar-refractivity contribution in [2.75, 3.05) is 11.1 Å². The molecule has 0 bridgehead atoms. The van der Waals surface area contributed by atoms with E-state index in [9.17, 15) is 0 Å². The Balaban J connectivity index is 2.07. The van der Waals surface area contributed by atoms with Gasteiger partial charge in [0.2, 0.25) is 0 Å². The Morgan fingerprint density at radius 3 is 2.72 bits per heavy atom. The summed E-state index contributed by atoms with van der Waals surface area (Å²) < 4.78 is 0. The number of hydrogen-bond acceptors (Lipinski definition) is 2. The molecule has 0 amide bonds. The first-order valence-electron chi connectivity index (χ1n) is 7.33. The van der Waals surface area contributed by atoms with Gasteiger partial charge in [-0.05, 0) is 36.6 Å². The molecule has 18 heavy (non-hydrogen) atoms. The van der Waals surface area contributed by atoms with Gasteiger partial charge >= 0.3 is 0 Å². The van der Waals surface area contributed by atoms with Gasteiger partial charge in [-0.2, -0.15) is 0 Å². The summed E-state index contributed by atoms with van der Waals surface area (Å²) in [7, 11) is 0. The molecule has 2 unspecified atom stereocenters. The second-order valence-electron chi connectivity index (χ2n) is 5.13. The van der Waals surface area contributed by atoms with Crippen molar-refractivity contribution in [3.8, 4) is 0 Å². The van der Waals surface area contributed by atoms with E-state index in [1.807, 2.05) is 11.8 Å². The Kier molecular flexibility index (Phi) is 5.43. The number of thioether (sulfide) groups is 1. The Morgan fingerprint density at radius 2 is 1.94 bits per heavy atom. The molecule has 0 aliphatic heterocycles. The van der Waals surface area contributed by atoms with Crippen LogP contribution in [0.3, 0.4) is 0 Å². The monoisotopic (exact) mass is 263 g/mol. The van der Waals surface area contributed by atoms with Gasteiger partial charge in [-0.1, -0.05) is 45.2 Å². The zero-order valence-electron chi connectivity index (χ0n) is 11.6. The summed E-state index contributed by atoms with van der Waals surface area (Å²) in [6, 6.07) is 9.44. The molecule has 1 saturated carbocycles. The number of hydrogen-bond donors (Lipinski definition) is 1. The van der Waals surface area contributed by atoms with Crippen LogP contribution in [0.4, 0.5) is 5.69 Å². The molecule has 2 heteroatoms. The van der Waals surface area contributed by atoms with E-state index in [4.69, 9.17) is 0 Å². The lowest BCUT2D eigenvalue weighted by Gasteiger charge is -2.32. The molecule has 1 nitrogen and oxygen atoms in total. The summed E-state index contributed by atoms with van der Waals surface area (Å²) in [5, 5.41) is 3.81. The summed E-state index contributed by atoms with van der Waals surface area (Å²) in [6.07, 6.45) is 6.85. The molecular weight excluding hydrogens is 238 g/mol. The lowest BCUT2D eigenvalue weighted by molar-refractivity contribution is 0.317. The number of rotatable bonds is 5. The highest BCUT2D eigenvalue weighted by Gasteiger charge is 2.23. The predicted molar refractivity (Wildman–Crippen MR) is 82.5 cm³/mol. The molecule has 1 aromatic carbocycles. The molecule has 2 atom stereocenters. The lowest BCUT2D eigenvalue weighted by Crippen LogP contribution is -2.31. The molecule has 0 aromatic heterocycles. The van der Waals surface area contributed by atoms with E-state index in [0.717, 1.165) is 11.7 Å². The van der Waals surface area contributed by atoms with Crippen molar-refractivity contribution in [1.29, 1.82) is 0 Å². The van der Waals surface area contributed by atoms with E-state index in [1.54, 1.807) is 0 Å². The van der Waals surface area contributed by atoms with Gasteiger partial charge in [0, 0.05) is 16.6 Å². The minimum absolute atomic E-state index is 0.683. The summed E-state index contributed by atoms with van der Waals surface area (Å²) in [6.45, 7) is 4.55. The molecule has 0 heterocycles. The average molecular weight is 263 g/mol. The fourth-order valence-electron chi connectivity index (χ4n) is 2.95. The molecule has 1 aliphatic rings. The van der Waals surface area contributed by atoms with Gasteiger partial charge < -0.3 is 5.32 Å². The van der Waals surface area contributed by atoms with E-state index < -0.39 is 0 Å². The summed E-state index contributed by atoms with van der Waals surface area (Å²) in [4.78, 5) is 1.40. The van der Waals surface area contributed by atoms with Crippen LogP contribution < -0.4 is 5.32 Å². The summed E-state index contributed by atoms with van der Waals surface area (Å²) in [5.41, 5.74) is 1.34. The molecular formula is C16H25NS. The molecule has 0 spiro atoms. The Bertz CT molecular complexity index is 364. The molecule has 1 aromatic rings. The second-order valence-corrected chi connectivity index (χ2v) is 6.44. The van der Waals surface area contributed by atoms with Crippen LogP contribution in [0.1, 0.15) is 46.0 Å². The molecule has 100 valence electrons. The topological polar surface area (TPSA) is 12.0 Å². The van der Waals surface area contributed by atoms with E-state index in [2.05, 4.69) is 43.4 Å². The third-order valence-electron chi connectivity index (χ3n) is 3.96. The Morgan fingerprint density at radius 1 is 1.17 bits per heavy atom. The largest absolute Gasteiger partial charge is 0.381 e. The highest BCUT2D eigenvalue weighted by atomic mass is 32.2. The van der Waals surface area contributed by atoms with E-state index in [-0.39, 0.29) is 0 Å². The van der Waals surface area contributed by atoms with Crippen molar-refractivity contribution in [2.45, 2.75) is 56.9 Å². The first-order chi connectivity index (χ1) is 8.85. The fraction of sp³-hybridized carbons (Fsp3) is 0.625. The van der Waals surface area contributed by atoms with E-state index in [1.165, 1.54) is 42.7 Å². The zero-order valence-corrected chi connectivity index (χ0v) is 12.4. The molecule has 0 saturated heterocycles. The lowest BCUT2D eigenvalue weighted by atomic mass is 9.83. The van der Waals surface area contributed by atoms with Crippen LogP contribution in [0, 0.1) is 5.92 Å². The third kappa shape index (κ3) is 3.44. The molecule has 2 rings (SSSR count). The predicted octanol–water partition coefficient (Wildman–Crippen LogP) is 5.18. The summed E-state index contributed by atoms with van der Waals surface area (Å²) in [5.74, 6) is 2.00. The minimum atomic E-state index is 0.683. The van der Waals surface area contributed by atoms with Crippen LogP contribution in [0.2, 0.25) is 0 Å². The number of para-hydroxylation sites is 1. The van der Waals surface area contributed by atoms with E-state index >= 15 is 0 Å². The maximum atomic E-state index is 3.81. The maximum absolute atomic E-state index is 3.81.